The number of hydrogen-bond donors (Lipinski definition) is 1. The maximum absolute atomic E-state index is 11.3. The Morgan fingerprint density at radius 1 is 1.36 bits per heavy atom. The summed E-state index contributed by atoms with van der Waals surface area (Å²) in [6.07, 6.45) is 1.24. The zero-order chi connectivity index (χ0) is 17.0. The quantitative estimate of drug-likeness (QED) is 0.626. The van der Waals surface area contributed by atoms with Gasteiger partial charge >= 0.3 is 0 Å². The summed E-state index contributed by atoms with van der Waals surface area (Å²) in [5, 5.41) is 2.89. The van der Waals surface area contributed by atoms with Gasteiger partial charge in [-0.15, -0.1) is 0 Å². The van der Waals surface area contributed by atoms with Gasteiger partial charge in [-0.1, -0.05) is 33.4 Å². The Kier molecular flexibility index (Phi) is 5.97. The van der Waals surface area contributed by atoms with E-state index in [1.165, 1.54) is 6.08 Å². The van der Waals surface area contributed by atoms with Crippen molar-refractivity contribution in [1.29, 1.82) is 0 Å². The molecule has 0 saturated carbocycles. The third kappa shape index (κ3) is 4.71. The Morgan fingerprint density at radius 3 is 2.50 bits per heavy atom. The van der Waals surface area contributed by atoms with Crippen molar-refractivity contribution in [3.8, 4) is 5.75 Å². The molecule has 0 spiro atoms. The molecule has 0 aliphatic heterocycles. The number of benzene rings is 1. The normalized spacial score (nSPS) is 11.9. The smallest absolute Gasteiger partial charge is 0.247 e. The van der Waals surface area contributed by atoms with E-state index in [2.05, 4.69) is 45.8 Å². The number of amides is 1. The van der Waals surface area contributed by atoms with Crippen molar-refractivity contribution in [1.82, 2.24) is 0 Å². The number of anilines is 1. The molecular formula is C17H27NO3Si. The third-order valence-corrected chi connectivity index (χ3v) is 8.61. The molecule has 1 amide bonds. The molecule has 1 aromatic rings. The van der Waals surface area contributed by atoms with Crippen LogP contribution in [0, 0.1) is 0 Å². The minimum absolute atomic E-state index is 0.165. The van der Waals surface area contributed by atoms with Crippen molar-refractivity contribution >= 4 is 19.9 Å². The van der Waals surface area contributed by atoms with Gasteiger partial charge in [-0.05, 0) is 30.3 Å². The summed E-state index contributed by atoms with van der Waals surface area (Å²) in [7, 11) is -0.192. The second-order valence-electron chi connectivity index (χ2n) is 6.77. The largest absolute Gasteiger partial charge is 0.496 e. The fourth-order valence-corrected chi connectivity index (χ4v) is 2.56. The summed E-state index contributed by atoms with van der Waals surface area (Å²) >= 11 is 0. The van der Waals surface area contributed by atoms with E-state index in [9.17, 15) is 4.79 Å². The molecule has 0 unspecified atom stereocenters. The fourth-order valence-electron chi connectivity index (χ4n) is 1.61. The molecular weight excluding hydrogens is 294 g/mol. The molecule has 1 aromatic carbocycles. The average molecular weight is 321 g/mol. The highest BCUT2D eigenvalue weighted by molar-refractivity contribution is 6.74. The van der Waals surface area contributed by atoms with E-state index in [0.717, 1.165) is 5.56 Å². The number of methoxy groups -OCH3 is 1. The lowest BCUT2D eigenvalue weighted by Gasteiger charge is -2.36. The van der Waals surface area contributed by atoms with E-state index < -0.39 is 8.32 Å². The van der Waals surface area contributed by atoms with Gasteiger partial charge < -0.3 is 14.5 Å². The van der Waals surface area contributed by atoms with Crippen LogP contribution in [-0.4, -0.2) is 21.3 Å². The van der Waals surface area contributed by atoms with E-state index in [4.69, 9.17) is 9.16 Å². The maximum atomic E-state index is 11.3. The molecule has 0 fully saturated rings. The first kappa shape index (κ1) is 18.5. The van der Waals surface area contributed by atoms with Crippen LogP contribution in [0.1, 0.15) is 26.3 Å². The van der Waals surface area contributed by atoms with Crippen molar-refractivity contribution in [3.63, 3.8) is 0 Å². The highest BCUT2D eigenvalue weighted by Crippen LogP contribution is 2.37. The lowest BCUT2D eigenvalue weighted by Crippen LogP contribution is -2.40. The predicted molar refractivity (Wildman–Crippen MR) is 93.8 cm³/mol. The Morgan fingerprint density at radius 2 is 2.00 bits per heavy atom. The molecule has 0 radical (unpaired) electrons. The molecule has 0 aliphatic carbocycles. The first-order valence-electron chi connectivity index (χ1n) is 7.35. The van der Waals surface area contributed by atoms with Crippen molar-refractivity contribution in [2.24, 2.45) is 0 Å². The van der Waals surface area contributed by atoms with Gasteiger partial charge in [0.25, 0.3) is 0 Å². The number of nitrogens with one attached hydrogen (secondary N) is 1. The second-order valence-corrected chi connectivity index (χ2v) is 11.6. The van der Waals surface area contributed by atoms with E-state index in [0.29, 0.717) is 18.0 Å². The van der Waals surface area contributed by atoms with E-state index in [1.54, 1.807) is 13.2 Å². The highest BCUT2D eigenvalue weighted by Gasteiger charge is 2.37. The molecule has 0 bridgehead atoms. The first-order chi connectivity index (χ1) is 10.1. The maximum Gasteiger partial charge on any atom is 0.247 e. The minimum Gasteiger partial charge on any atom is -0.496 e. The van der Waals surface area contributed by atoms with Gasteiger partial charge in [0.15, 0.2) is 8.32 Å². The Bertz CT molecular complexity index is 547. The zero-order valence-electron chi connectivity index (χ0n) is 14.4. The number of hydrogen-bond acceptors (Lipinski definition) is 3. The molecule has 0 aromatic heterocycles. The molecule has 0 heterocycles. The van der Waals surface area contributed by atoms with Crippen LogP contribution >= 0.6 is 0 Å². The summed E-state index contributed by atoms with van der Waals surface area (Å²) < 4.78 is 11.6. The average Bonchev–Trinajstić information content (AvgIpc) is 2.44. The van der Waals surface area contributed by atoms with Gasteiger partial charge in [-0.3, -0.25) is 4.79 Å². The lowest BCUT2D eigenvalue weighted by molar-refractivity contribution is -0.111. The van der Waals surface area contributed by atoms with Crippen molar-refractivity contribution in [2.45, 2.75) is 45.5 Å². The molecule has 1 rings (SSSR count). The number of ether oxygens (including phenoxy) is 1. The standard InChI is InChI=1S/C17H27NO3Si/c1-8-16(19)18-14-10-9-13(15(11-14)20-5)12-21-22(6,7)17(2,3)4/h8-11H,1,12H2,2-7H3,(H,18,19). The van der Waals surface area contributed by atoms with Gasteiger partial charge in [-0.2, -0.15) is 0 Å². The van der Waals surface area contributed by atoms with Crippen LogP contribution in [0.4, 0.5) is 5.69 Å². The van der Waals surface area contributed by atoms with Gasteiger partial charge in [0.05, 0.1) is 13.7 Å². The van der Waals surface area contributed by atoms with Crippen LogP contribution < -0.4 is 10.1 Å². The molecule has 122 valence electrons. The van der Waals surface area contributed by atoms with Crippen LogP contribution in [0.2, 0.25) is 18.1 Å². The topological polar surface area (TPSA) is 47.6 Å². The lowest BCUT2D eigenvalue weighted by atomic mass is 10.2. The Balaban J connectivity index is 2.88. The van der Waals surface area contributed by atoms with Crippen LogP contribution in [0.3, 0.4) is 0 Å². The highest BCUT2D eigenvalue weighted by atomic mass is 28.4. The third-order valence-electron chi connectivity index (χ3n) is 4.13. The number of carbonyl (C=O) groups is 1. The summed E-state index contributed by atoms with van der Waals surface area (Å²) in [5.41, 5.74) is 1.65. The van der Waals surface area contributed by atoms with Crippen molar-refractivity contribution in [2.75, 3.05) is 12.4 Å². The van der Waals surface area contributed by atoms with Crippen LogP contribution in [0.25, 0.3) is 0 Å². The van der Waals surface area contributed by atoms with E-state index >= 15 is 0 Å². The summed E-state index contributed by atoms with van der Waals surface area (Å²) in [4.78, 5) is 11.3. The Labute approximate surface area is 134 Å². The van der Waals surface area contributed by atoms with Gasteiger partial charge in [0, 0.05) is 17.3 Å². The minimum atomic E-state index is -1.81. The molecule has 1 N–H and O–H groups in total. The van der Waals surface area contributed by atoms with E-state index in [1.807, 2.05) is 12.1 Å². The SMILES string of the molecule is C=CC(=O)Nc1ccc(CO[Si](C)(C)C(C)(C)C)c(OC)c1. The Hall–Kier alpha value is -1.59. The van der Waals surface area contributed by atoms with Crippen LogP contribution in [0.15, 0.2) is 30.9 Å². The monoisotopic (exact) mass is 321 g/mol. The predicted octanol–water partition coefficient (Wildman–Crippen LogP) is 4.34. The molecule has 4 nitrogen and oxygen atoms in total. The van der Waals surface area contributed by atoms with Gasteiger partial charge in [-0.25, -0.2) is 0 Å². The molecule has 0 aliphatic rings. The van der Waals surface area contributed by atoms with Crippen LogP contribution in [0.5, 0.6) is 5.75 Å². The molecule has 0 saturated heterocycles. The summed E-state index contributed by atoms with van der Waals surface area (Å²) in [6, 6.07) is 5.56. The van der Waals surface area contributed by atoms with Crippen molar-refractivity contribution in [3.05, 3.63) is 36.4 Å². The fraction of sp³-hybridized carbons (Fsp3) is 0.471. The molecule has 5 heteroatoms. The molecule has 22 heavy (non-hydrogen) atoms. The van der Waals surface area contributed by atoms with E-state index in [-0.39, 0.29) is 10.9 Å². The second kappa shape index (κ2) is 7.11. The summed E-state index contributed by atoms with van der Waals surface area (Å²) in [5.74, 6) is 0.466. The number of rotatable bonds is 6. The van der Waals surface area contributed by atoms with Crippen molar-refractivity contribution < 1.29 is 14.0 Å². The van der Waals surface area contributed by atoms with Gasteiger partial charge in [0.2, 0.25) is 5.91 Å². The number of carbonyl (C=O) groups excluding carboxylic acids is 1. The van der Waals surface area contributed by atoms with Gasteiger partial charge in [0.1, 0.15) is 5.75 Å². The zero-order valence-corrected chi connectivity index (χ0v) is 15.4. The van der Waals surface area contributed by atoms with Crippen LogP contribution in [-0.2, 0) is 15.8 Å². The summed E-state index contributed by atoms with van der Waals surface area (Å²) in [6.45, 7) is 15.0. The molecule has 0 atom stereocenters. The first-order valence-corrected chi connectivity index (χ1v) is 10.3.